The Labute approximate surface area is 118 Å². The average molecular weight is 287 g/mol. The van der Waals surface area contributed by atoms with Crippen molar-refractivity contribution in [1.29, 1.82) is 0 Å². The van der Waals surface area contributed by atoms with Crippen LogP contribution in [0, 0.1) is 0 Å². The molecule has 1 aromatic rings. The monoisotopic (exact) mass is 286 g/mol. The van der Waals surface area contributed by atoms with E-state index in [4.69, 9.17) is 15.6 Å². The third-order valence-electron chi connectivity index (χ3n) is 3.12. The molecular formula is C13H19ClN2O3. The predicted molar refractivity (Wildman–Crippen MR) is 74.9 cm³/mol. The zero-order valence-electron chi connectivity index (χ0n) is 10.8. The van der Waals surface area contributed by atoms with E-state index < -0.39 is 6.09 Å². The van der Waals surface area contributed by atoms with Gasteiger partial charge >= 0.3 is 6.09 Å². The van der Waals surface area contributed by atoms with Crippen LogP contribution in [0.15, 0.2) is 24.3 Å². The van der Waals surface area contributed by atoms with E-state index in [0.29, 0.717) is 13.1 Å². The zero-order chi connectivity index (χ0) is 13.1. The van der Waals surface area contributed by atoms with Crippen LogP contribution < -0.4 is 10.5 Å². The highest BCUT2D eigenvalue weighted by molar-refractivity contribution is 5.85. The Morgan fingerprint density at radius 2 is 2.11 bits per heavy atom. The quantitative estimate of drug-likeness (QED) is 0.894. The second kappa shape index (κ2) is 6.63. The van der Waals surface area contributed by atoms with Gasteiger partial charge in [-0.2, -0.15) is 0 Å². The van der Waals surface area contributed by atoms with Gasteiger partial charge in [0.15, 0.2) is 0 Å². The van der Waals surface area contributed by atoms with Gasteiger partial charge in [-0.1, -0.05) is 12.1 Å². The minimum Gasteiger partial charge on any atom is -0.489 e. The first-order valence-electron chi connectivity index (χ1n) is 6.06. The molecular weight excluding hydrogens is 268 g/mol. The molecule has 6 heteroatoms. The summed E-state index contributed by atoms with van der Waals surface area (Å²) in [5.74, 6) is 0.761. The number of likely N-dealkylation sites (tertiary alicyclic amines) is 1. The molecule has 2 atom stereocenters. The van der Waals surface area contributed by atoms with Gasteiger partial charge in [0.05, 0.1) is 6.54 Å². The molecule has 2 rings (SSSR count). The van der Waals surface area contributed by atoms with E-state index in [9.17, 15) is 4.79 Å². The number of nitrogens with zero attached hydrogens (tertiary/aromatic N) is 1. The second-order valence-electron chi connectivity index (χ2n) is 4.61. The summed E-state index contributed by atoms with van der Waals surface area (Å²) in [6.45, 7) is 2.90. The minimum absolute atomic E-state index is 0. The summed E-state index contributed by atoms with van der Waals surface area (Å²) in [5, 5.41) is 8.85. The minimum atomic E-state index is -0.881. The van der Waals surface area contributed by atoms with Crippen LogP contribution in [-0.4, -0.2) is 35.3 Å². The third kappa shape index (κ3) is 4.01. The molecule has 3 N–H and O–H groups in total. The van der Waals surface area contributed by atoms with Gasteiger partial charge in [0.1, 0.15) is 11.9 Å². The number of carbonyl (C=O) groups is 1. The fourth-order valence-electron chi connectivity index (χ4n) is 2.04. The molecule has 0 aromatic heterocycles. The van der Waals surface area contributed by atoms with Gasteiger partial charge in [-0.3, -0.25) is 0 Å². The topological polar surface area (TPSA) is 75.8 Å². The largest absolute Gasteiger partial charge is 0.489 e. The number of rotatable bonds is 3. The summed E-state index contributed by atoms with van der Waals surface area (Å²) in [6, 6.07) is 7.63. The van der Waals surface area contributed by atoms with E-state index in [-0.39, 0.29) is 24.6 Å². The summed E-state index contributed by atoms with van der Waals surface area (Å²) >= 11 is 0. The Balaban J connectivity index is 0.00000180. The molecule has 1 saturated heterocycles. The van der Waals surface area contributed by atoms with Crippen molar-refractivity contribution in [3.63, 3.8) is 0 Å². The number of hydrogen-bond donors (Lipinski definition) is 2. The van der Waals surface area contributed by atoms with Gasteiger partial charge in [0, 0.05) is 19.0 Å². The molecule has 1 unspecified atom stereocenters. The SMILES string of the molecule is C[C@H](N)c1ccc(OC2CCN(C(=O)O)C2)cc1.Cl. The maximum Gasteiger partial charge on any atom is 0.407 e. The molecule has 1 amide bonds. The molecule has 0 saturated carbocycles. The fourth-order valence-corrected chi connectivity index (χ4v) is 2.04. The highest BCUT2D eigenvalue weighted by atomic mass is 35.5. The smallest absolute Gasteiger partial charge is 0.407 e. The van der Waals surface area contributed by atoms with Crippen molar-refractivity contribution in [3.05, 3.63) is 29.8 Å². The number of amides is 1. The predicted octanol–water partition coefficient (Wildman–Crippen LogP) is 2.26. The van der Waals surface area contributed by atoms with Crippen molar-refractivity contribution >= 4 is 18.5 Å². The van der Waals surface area contributed by atoms with E-state index in [1.807, 2.05) is 31.2 Å². The van der Waals surface area contributed by atoms with E-state index >= 15 is 0 Å². The van der Waals surface area contributed by atoms with Crippen LogP contribution in [0.2, 0.25) is 0 Å². The molecule has 1 aliphatic rings. The summed E-state index contributed by atoms with van der Waals surface area (Å²) in [6.07, 6.45) is -0.197. The van der Waals surface area contributed by atoms with Gasteiger partial charge in [0.2, 0.25) is 0 Å². The molecule has 0 aliphatic carbocycles. The molecule has 1 aromatic carbocycles. The second-order valence-corrected chi connectivity index (χ2v) is 4.61. The van der Waals surface area contributed by atoms with Crippen LogP contribution in [-0.2, 0) is 0 Å². The molecule has 0 spiro atoms. The van der Waals surface area contributed by atoms with Gasteiger partial charge < -0.3 is 20.5 Å². The maximum absolute atomic E-state index is 10.8. The van der Waals surface area contributed by atoms with Crippen LogP contribution in [0.5, 0.6) is 5.75 Å². The summed E-state index contributed by atoms with van der Waals surface area (Å²) in [5.41, 5.74) is 6.82. The molecule has 1 aliphatic heterocycles. The van der Waals surface area contributed by atoms with Crippen molar-refractivity contribution in [2.75, 3.05) is 13.1 Å². The van der Waals surface area contributed by atoms with Crippen LogP contribution in [0.4, 0.5) is 4.79 Å². The van der Waals surface area contributed by atoms with Crippen molar-refractivity contribution in [3.8, 4) is 5.75 Å². The number of ether oxygens (including phenoxy) is 1. The maximum atomic E-state index is 10.8. The van der Waals surface area contributed by atoms with E-state index in [1.54, 1.807) is 0 Å². The van der Waals surface area contributed by atoms with Crippen molar-refractivity contribution in [1.82, 2.24) is 4.90 Å². The molecule has 0 radical (unpaired) electrons. The van der Waals surface area contributed by atoms with Crippen LogP contribution >= 0.6 is 12.4 Å². The first kappa shape index (κ1) is 15.6. The van der Waals surface area contributed by atoms with Crippen LogP contribution in [0.1, 0.15) is 24.9 Å². The molecule has 106 valence electrons. The Bertz CT molecular complexity index is 422. The summed E-state index contributed by atoms with van der Waals surface area (Å²) in [7, 11) is 0. The molecule has 1 heterocycles. The molecule has 0 bridgehead atoms. The number of carboxylic acid groups (broad SMARTS) is 1. The Morgan fingerprint density at radius 1 is 1.47 bits per heavy atom. The van der Waals surface area contributed by atoms with E-state index in [0.717, 1.165) is 17.7 Å². The first-order chi connectivity index (χ1) is 8.56. The number of benzene rings is 1. The highest BCUT2D eigenvalue weighted by Gasteiger charge is 2.27. The summed E-state index contributed by atoms with van der Waals surface area (Å²) in [4.78, 5) is 12.2. The van der Waals surface area contributed by atoms with Gasteiger partial charge in [-0.05, 0) is 24.6 Å². The van der Waals surface area contributed by atoms with E-state index in [2.05, 4.69) is 0 Å². The third-order valence-corrected chi connectivity index (χ3v) is 3.12. The lowest BCUT2D eigenvalue weighted by Crippen LogP contribution is -2.29. The zero-order valence-corrected chi connectivity index (χ0v) is 11.6. The lowest BCUT2D eigenvalue weighted by Gasteiger charge is -2.15. The number of halogens is 1. The lowest BCUT2D eigenvalue weighted by atomic mass is 10.1. The van der Waals surface area contributed by atoms with Crippen molar-refractivity contribution < 1.29 is 14.6 Å². The van der Waals surface area contributed by atoms with Gasteiger partial charge in [0.25, 0.3) is 0 Å². The average Bonchev–Trinajstić information content (AvgIpc) is 2.78. The standard InChI is InChI=1S/C13H18N2O3.ClH/c1-9(14)10-2-4-11(5-3-10)18-12-6-7-15(8-12)13(16)17;/h2-5,9,12H,6-8,14H2,1H3,(H,16,17);1H/t9-,12?;/m0./s1. The Hall–Kier alpha value is -1.46. The number of hydrogen-bond acceptors (Lipinski definition) is 3. The normalized spacial score (nSPS) is 19.7. The lowest BCUT2D eigenvalue weighted by molar-refractivity contribution is 0.145. The van der Waals surface area contributed by atoms with E-state index in [1.165, 1.54) is 4.90 Å². The fraction of sp³-hybridized carbons (Fsp3) is 0.462. The molecule has 1 fully saturated rings. The summed E-state index contributed by atoms with van der Waals surface area (Å²) < 4.78 is 5.74. The van der Waals surface area contributed by atoms with Crippen molar-refractivity contribution in [2.45, 2.75) is 25.5 Å². The van der Waals surface area contributed by atoms with Crippen molar-refractivity contribution in [2.24, 2.45) is 5.73 Å². The van der Waals surface area contributed by atoms with Gasteiger partial charge in [-0.15, -0.1) is 12.4 Å². The Kier molecular flexibility index (Phi) is 5.44. The van der Waals surface area contributed by atoms with Gasteiger partial charge in [-0.25, -0.2) is 4.79 Å². The molecule has 5 nitrogen and oxygen atoms in total. The number of nitrogens with two attached hydrogens (primary N) is 1. The first-order valence-corrected chi connectivity index (χ1v) is 6.06. The highest BCUT2D eigenvalue weighted by Crippen LogP contribution is 2.20. The Morgan fingerprint density at radius 3 is 2.58 bits per heavy atom. The molecule has 19 heavy (non-hydrogen) atoms. The van der Waals surface area contributed by atoms with Crippen LogP contribution in [0.3, 0.4) is 0 Å². The van der Waals surface area contributed by atoms with Crippen LogP contribution in [0.25, 0.3) is 0 Å².